The number of benzene rings is 2. The van der Waals surface area contributed by atoms with Crippen molar-refractivity contribution in [3.05, 3.63) is 40.6 Å². The lowest BCUT2D eigenvalue weighted by atomic mass is 9.99. The van der Waals surface area contributed by atoms with Gasteiger partial charge in [-0.15, -0.1) is 0 Å². The Hall–Kier alpha value is -3.55. The number of ether oxygens (including phenoxy) is 2. The Balaban J connectivity index is 1.91. The van der Waals surface area contributed by atoms with E-state index in [1.807, 2.05) is 0 Å². The topological polar surface area (TPSA) is 211 Å². The molecule has 0 aliphatic carbocycles. The molecule has 1 aliphatic heterocycles. The van der Waals surface area contributed by atoms with Crippen LogP contribution in [0.4, 0.5) is 0 Å². The first-order valence-corrected chi connectivity index (χ1v) is 9.64. The van der Waals surface area contributed by atoms with Crippen molar-refractivity contribution < 1.29 is 54.7 Å². The molecule has 1 saturated heterocycles. The molecule has 0 saturated carbocycles. The molecular formula is C21H20O12. The van der Waals surface area contributed by atoms with Crippen molar-refractivity contribution in [1.29, 1.82) is 0 Å². The molecule has 0 amide bonds. The first kappa shape index (κ1) is 22.6. The third-order valence-corrected chi connectivity index (χ3v) is 5.24. The van der Waals surface area contributed by atoms with E-state index < -0.39 is 71.5 Å². The van der Waals surface area contributed by atoms with E-state index in [0.717, 1.165) is 24.3 Å². The molecule has 1 aliphatic rings. The number of rotatable bonds is 4. The Kier molecular flexibility index (Phi) is 5.78. The molecule has 5 atom stereocenters. The van der Waals surface area contributed by atoms with Crippen LogP contribution in [0.3, 0.4) is 0 Å². The van der Waals surface area contributed by atoms with Crippen molar-refractivity contribution in [2.45, 2.75) is 30.7 Å². The van der Waals surface area contributed by atoms with Crippen LogP contribution < -0.4 is 10.2 Å². The molecule has 1 aromatic heterocycles. The summed E-state index contributed by atoms with van der Waals surface area (Å²) in [5.41, 5.74) is -1.19. The van der Waals surface area contributed by atoms with Crippen molar-refractivity contribution >= 4 is 11.0 Å². The lowest BCUT2D eigenvalue weighted by Crippen LogP contribution is -2.60. The Morgan fingerprint density at radius 1 is 0.879 bits per heavy atom. The van der Waals surface area contributed by atoms with Gasteiger partial charge in [-0.2, -0.15) is 0 Å². The minimum atomic E-state index is -1.85. The largest absolute Gasteiger partial charge is 0.508 e. The number of aliphatic hydroxyl groups is 4. The number of aromatic hydroxyl groups is 4. The second-order valence-electron chi connectivity index (χ2n) is 7.45. The first-order chi connectivity index (χ1) is 15.6. The number of phenolic OH excluding ortho intramolecular Hbond substituents is 4. The molecule has 0 unspecified atom stereocenters. The predicted octanol–water partition coefficient (Wildman–Crippen LogP) is -0.539. The van der Waals surface area contributed by atoms with Crippen LogP contribution in [0.1, 0.15) is 0 Å². The number of aliphatic hydroxyl groups excluding tert-OH is 4. The molecule has 2 heterocycles. The number of hydrogen-bond donors (Lipinski definition) is 8. The summed E-state index contributed by atoms with van der Waals surface area (Å²) in [5.74, 6) is -3.05. The Labute approximate surface area is 184 Å². The number of fused-ring (bicyclic) bond motifs is 1. The fourth-order valence-electron chi connectivity index (χ4n) is 3.51. The Morgan fingerprint density at radius 2 is 1.61 bits per heavy atom. The molecule has 4 rings (SSSR count). The highest BCUT2D eigenvalue weighted by Crippen LogP contribution is 2.39. The zero-order valence-electron chi connectivity index (χ0n) is 16.7. The average Bonchev–Trinajstić information content (AvgIpc) is 2.76. The molecule has 2 aromatic carbocycles. The van der Waals surface area contributed by atoms with Crippen LogP contribution in [0.5, 0.6) is 28.7 Å². The summed E-state index contributed by atoms with van der Waals surface area (Å²) in [6.07, 6.45) is -8.40. The van der Waals surface area contributed by atoms with Gasteiger partial charge in [-0.3, -0.25) is 4.79 Å². The normalized spacial score (nSPS) is 25.3. The summed E-state index contributed by atoms with van der Waals surface area (Å²) < 4.78 is 16.5. The van der Waals surface area contributed by atoms with Gasteiger partial charge in [-0.1, -0.05) is 0 Å². The molecule has 12 nitrogen and oxygen atoms in total. The van der Waals surface area contributed by atoms with Crippen LogP contribution >= 0.6 is 0 Å². The van der Waals surface area contributed by atoms with Gasteiger partial charge in [0.2, 0.25) is 17.5 Å². The molecule has 0 bridgehead atoms. The van der Waals surface area contributed by atoms with Crippen LogP contribution in [0, 0.1) is 0 Å². The van der Waals surface area contributed by atoms with Crippen molar-refractivity contribution in [2.75, 3.05) is 6.61 Å². The van der Waals surface area contributed by atoms with Crippen molar-refractivity contribution in [2.24, 2.45) is 0 Å². The van der Waals surface area contributed by atoms with Gasteiger partial charge < -0.3 is 54.7 Å². The van der Waals surface area contributed by atoms with E-state index in [-0.39, 0.29) is 22.3 Å². The monoisotopic (exact) mass is 464 g/mol. The summed E-state index contributed by atoms with van der Waals surface area (Å²) in [6.45, 7) is -0.740. The Bertz CT molecular complexity index is 1250. The van der Waals surface area contributed by atoms with E-state index in [9.17, 15) is 45.6 Å². The SMILES string of the molecule is O=c1c(O[C@@H]2O[C@H](CO)[C@@H](O)[C@H](O)[C@@H]2O)c(-c2ccc(O)c(O)c2)oc2cc(O)cc(O)c12. The zero-order valence-corrected chi connectivity index (χ0v) is 16.7. The van der Waals surface area contributed by atoms with E-state index >= 15 is 0 Å². The summed E-state index contributed by atoms with van der Waals surface area (Å²) >= 11 is 0. The smallest absolute Gasteiger partial charge is 0.239 e. The summed E-state index contributed by atoms with van der Waals surface area (Å²) in [4.78, 5) is 13.2. The highest BCUT2D eigenvalue weighted by molar-refractivity contribution is 5.88. The molecule has 33 heavy (non-hydrogen) atoms. The number of phenols is 4. The highest BCUT2D eigenvalue weighted by Gasteiger charge is 2.45. The molecule has 0 spiro atoms. The maximum absolute atomic E-state index is 13.2. The minimum absolute atomic E-state index is 0.0201. The molecule has 0 radical (unpaired) electrons. The van der Waals surface area contributed by atoms with Gasteiger partial charge in [-0.05, 0) is 18.2 Å². The van der Waals surface area contributed by atoms with Crippen molar-refractivity contribution in [3.63, 3.8) is 0 Å². The van der Waals surface area contributed by atoms with Crippen molar-refractivity contribution in [1.82, 2.24) is 0 Å². The molecule has 3 aromatic rings. The maximum atomic E-state index is 13.2. The summed E-state index contributed by atoms with van der Waals surface area (Å²) in [7, 11) is 0. The minimum Gasteiger partial charge on any atom is -0.508 e. The standard InChI is InChI=1S/C21H20O12/c22-6-13-15(27)17(29)18(30)21(32-13)33-20-16(28)14-11(26)4-8(23)5-12(14)31-19(20)7-1-2-9(24)10(25)3-7/h1-5,13,15,17-18,21-27,29-30H,6H2/t13-,15-,17+,18+,21+/m1/s1. The second-order valence-corrected chi connectivity index (χ2v) is 7.45. The van der Waals surface area contributed by atoms with E-state index in [4.69, 9.17) is 13.9 Å². The van der Waals surface area contributed by atoms with Gasteiger partial charge in [0, 0.05) is 17.7 Å². The fourth-order valence-corrected chi connectivity index (χ4v) is 3.51. The van der Waals surface area contributed by atoms with Crippen LogP contribution in [-0.2, 0) is 4.74 Å². The third kappa shape index (κ3) is 3.90. The van der Waals surface area contributed by atoms with Crippen LogP contribution in [-0.4, -0.2) is 78.2 Å². The highest BCUT2D eigenvalue weighted by atomic mass is 16.7. The zero-order chi connectivity index (χ0) is 24.0. The van der Waals surface area contributed by atoms with Gasteiger partial charge in [0.25, 0.3) is 0 Å². The van der Waals surface area contributed by atoms with Gasteiger partial charge in [-0.25, -0.2) is 0 Å². The quantitative estimate of drug-likeness (QED) is 0.229. The van der Waals surface area contributed by atoms with Crippen molar-refractivity contribution in [3.8, 4) is 40.1 Å². The predicted molar refractivity (Wildman–Crippen MR) is 109 cm³/mol. The molecule has 12 heteroatoms. The van der Waals surface area contributed by atoms with Gasteiger partial charge in [0.15, 0.2) is 17.3 Å². The van der Waals surface area contributed by atoms with Crippen LogP contribution in [0.25, 0.3) is 22.3 Å². The lowest BCUT2D eigenvalue weighted by Gasteiger charge is -2.39. The third-order valence-electron chi connectivity index (χ3n) is 5.24. The fraction of sp³-hybridized carbons (Fsp3) is 0.286. The summed E-state index contributed by atoms with van der Waals surface area (Å²) in [5, 5.41) is 78.7. The summed E-state index contributed by atoms with van der Waals surface area (Å²) in [6, 6.07) is 5.36. The molecular weight excluding hydrogens is 444 g/mol. The molecule has 1 fully saturated rings. The van der Waals surface area contributed by atoms with Crippen LogP contribution in [0.2, 0.25) is 0 Å². The maximum Gasteiger partial charge on any atom is 0.239 e. The van der Waals surface area contributed by atoms with Gasteiger partial charge in [0.05, 0.1) is 6.61 Å². The first-order valence-electron chi connectivity index (χ1n) is 9.64. The second kappa shape index (κ2) is 8.42. The molecule has 176 valence electrons. The van der Waals surface area contributed by atoms with E-state index in [2.05, 4.69) is 0 Å². The van der Waals surface area contributed by atoms with E-state index in [0.29, 0.717) is 0 Å². The average molecular weight is 464 g/mol. The Morgan fingerprint density at radius 3 is 2.27 bits per heavy atom. The van der Waals surface area contributed by atoms with E-state index in [1.54, 1.807) is 0 Å². The van der Waals surface area contributed by atoms with E-state index in [1.165, 1.54) is 6.07 Å². The van der Waals surface area contributed by atoms with Gasteiger partial charge in [0.1, 0.15) is 46.9 Å². The number of hydrogen-bond acceptors (Lipinski definition) is 12. The van der Waals surface area contributed by atoms with Gasteiger partial charge >= 0.3 is 0 Å². The molecule has 8 N–H and O–H groups in total. The lowest BCUT2D eigenvalue weighted by molar-refractivity contribution is -0.277. The van der Waals surface area contributed by atoms with Crippen LogP contribution in [0.15, 0.2) is 39.5 Å².